The van der Waals surface area contributed by atoms with E-state index in [1.54, 1.807) is 0 Å². The van der Waals surface area contributed by atoms with E-state index in [2.05, 4.69) is 6.92 Å². The third kappa shape index (κ3) is 14.7. The molecule has 0 radical (unpaired) electrons. The average molecular weight is 639 g/mol. The van der Waals surface area contributed by atoms with E-state index >= 15 is 0 Å². The molecule has 0 aromatic rings. The van der Waals surface area contributed by atoms with Gasteiger partial charge in [-0.25, -0.2) is 0 Å². The normalized spacial score (nSPS) is 28.8. The van der Waals surface area contributed by atoms with Crippen LogP contribution in [0.4, 0.5) is 0 Å². The lowest BCUT2D eigenvalue weighted by Crippen LogP contribution is -2.33. The highest BCUT2D eigenvalue weighted by Crippen LogP contribution is 2.35. The summed E-state index contributed by atoms with van der Waals surface area (Å²) in [6, 6.07) is 0. The van der Waals surface area contributed by atoms with Crippen LogP contribution in [0, 0.1) is 5.92 Å². The van der Waals surface area contributed by atoms with E-state index in [1.807, 2.05) is 0 Å². The lowest BCUT2D eigenvalue weighted by Gasteiger charge is -2.24. The number of ketones is 1. The Kier molecular flexibility index (Phi) is 18.5. The molecule has 0 aromatic carbocycles. The summed E-state index contributed by atoms with van der Waals surface area (Å²) >= 11 is 0. The van der Waals surface area contributed by atoms with Gasteiger partial charge in [-0.1, -0.05) is 77.6 Å². The Morgan fingerprint density at radius 3 is 1.82 bits per heavy atom. The van der Waals surface area contributed by atoms with Crippen molar-refractivity contribution in [3.8, 4) is 0 Å². The Morgan fingerprint density at radius 1 is 0.711 bits per heavy atom. The van der Waals surface area contributed by atoms with Gasteiger partial charge in [0.1, 0.15) is 11.9 Å². The topological polar surface area (TPSA) is 123 Å². The molecule has 262 valence electrons. The van der Waals surface area contributed by atoms with Gasteiger partial charge in [0, 0.05) is 6.42 Å². The van der Waals surface area contributed by atoms with E-state index in [1.165, 1.54) is 51.9 Å². The zero-order chi connectivity index (χ0) is 32.4. The van der Waals surface area contributed by atoms with Crippen LogP contribution >= 0.6 is 0 Å². The summed E-state index contributed by atoms with van der Waals surface area (Å²) in [4.78, 5) is 23.1. The van der Waals surface area contributed by atoms with Crippen LogP contribution in [0.5, 0.6) is 0 Å². The fraction of sp³-hybridized carbons (Fsp3) is 0.946. The maximum absolute atomic E-state index is 11.9. The fourth-order valence-electron chi connectivity index (χ4n) is 7.58. The van der Waals surface area contributed by atoms with Crippen molar-refractivity contribution >= 4 is 11.8 Å². The van der Waals surface area contributed by atoms with Crippen molar-refractivity contribution in [2.45, 2.75) is 217 Å². The van der Waals surface area contributed by atoms with Crippen LogP contribution in [-0.2, 0) is 23.8 Å². The first-order valence-corrected chi connectivity index (χ1v) is 18.8. The minimum Gasteiger partial charge on any atom is -0.462 e. The molecule has 3 aliphatic rings. The minimum absolute atomic E-state index is 0.00262. The summed E-state index contributed by atoms with van der Waals surface area (Å²) < 4.78 is 17.9. The Labute approximate surface area is 273 Å². The van der Waals surface area contributed by atoms with E-state index in [0.717, 1.165) is 89.9 Å². The van der Waals surface area contributed by atoms with Crippen LogP contribution in [0.25, 0.3) is 0 Å². The number of carbonyl (C=O) groups is 2. The maximum Gasteiger partial charge on any atom is 0.309 e. The van der Waals surface area contributed by atoms with Gasteiger partial charge in [0.15, 0.2) is 0 Å². The molecule has 3 N–H and O–H groups in total. The number of unbranched alkanes of at least 4 members (excludes halogenated alkanes) is 10. The lowest BCUT2D eigenvalue weighted by atomic mass is 9.96. The lowest BCUT2D eigenvalue weighted by molar-refractivity contribution is -0.145. The van der Waals surface area contributed by atoms with Crippen molar-refractivity contribution in [1.82, 2.24) is 0 Å². The highest BCUT2D eigenvalue weighted by Gasteiger charge is 2.40. The van der Waals surface area contributed by atoms with E-state index < -0.39 is 12.2 Å². The molecule has 3 aliphatic heterocycles. The molecule has 3 rings (SSSR count). The van der Waals surface area contributed by atoms with Gasteiger partial charge in [-0.3, -0.25) is 4.79 Å². The first-order chi connectivity index (χ1) is 21.8. The molecule has 8 nitrogen and oxygen atoms in total. The minimum atomic E-state index is -0.490. The summed E-state index contributed by atoms with van der Waals surface area (Å²) in [6.07, 6.45) is 21.7. The van der Waals surface area contributed by atoms with Gasteiger partial charge >= 0.3 is 5.97 Å². The van der Waals surface area contributed by atoms with Crippen LogP contribution in [0.2, 0.25) is 0 Å². The molecule has 0 aromatic heterocycles. The third-order valence-corrected chi connectivity index (χ3v) is 10.3. The van der Waals surface area contributed by atoms with Crippen molar-refractivity contribution < 1.29 is 39.1 Å². The van der Waals surface area contributed by atoms with Gasteiger partial charge in [-0.15, -0.1) is 0 Å². The molecule has 8 heteroatoms. The van der Waals surface area contributed by atoms with Crippen LogP contribution < -0.4 is 0 Å². The SMILES string of the molecule is CCCCCC[C@H](O)CCC[C@H](O)[C@@H]1CC[C@@H]([C@@H]2CC[C@@H]([C@H](O)CCCCCCCCCC[C@H]3CC(CC(C)=O)C(=O)O3)O2)O1. The fourth-order valence-corrected chi connectivity index (χ4v) is 7.58. The number of carbonyl (C=O) groups excluding carboxylic acids is 2. The Balaban J connectivity index is 1.14. The van der Waals surface area contributed by atoms with E-state index in [-0.39, 0.29) is 54.3 Å². The second-order valence-corrected chi connectivity index (χ2v) is 14.5. The number of hydrogen-bond donors (Lipinski definition) is 3. The number of rotatable bonds is 25. The van der Waals surface area contributed by atoms with Crippen molar-refractivity contribution in [2.24, 2.45) is 5.92 Å². The highest BCUT2D eigenvalue weighted by molar-refractivity contribution is 5.83. The van der Waals surface area contributed by atoms with Crippen LogP contribution in [0.1, 0.15) is 168 Å². The van der Waals surface area contributed by atoms with Crippen LogP contribution in [0.15, 0.2) is 0 Å². The molecule has 3 heterocycles. The summed E-state index contributed by atoms with van der Waals surface area (Å²) in [7, 11) is 0. The molecule has 0 amide bonds. The number of ether oxygens (including phenoxy) is 3. The molecule has 3 saturated heterocycles. The second-order valence-electron chi connectivity index (χ2n) is 14.5. The summed E-state index contributed by atoms with van der Waals surface area (Å²) in [5.41, 5.74) is 0. The largest absolute Gasteiger partial charge is 0.462 e. The van der Waals surface area contributed by atoms with E-state index in [0.29, 0.717) is 19.3 Å². The summed E-state index contributed by atoms with van der Waals surface area (Å²) in [5.74, 6) is -0.366. The Bertz CT molecular complexity index is 820. The highest BCUT2D eigenvalue weighted by atomic mass is 16.6. The monoisotopic (exact) mass is 638 g/mol. The zero-order valence-electron chi connectivity index (χ0n) is 28.5. The Hall–Kier alpha value is -1.06. The van der Waals surface area contributed by atoms with Crippen molar-refractivity contribution in [3.63, 3.8) is 0 Å². The van der Waals surface area contributed by atoms with Gasteiger partial charge < -0.3 is 34.3 Å². The standard InChI is InChI=1S/C37H66O8/c1-3-4-5-12-16-29(39)17-15-20-32(41)34-22-24-36(45-34)35-23-21-33(44-35)31(40)19-14-11-9-7-6-8-10-13-18-30-26-28(25-27(2)38)37(42)43-30/h28-36,39-41H,3-26H2,1-2H3/t28?,29-,30-,31+,32-,33-,34-,35-,36-/m0/s1. The summed E-state index contributed by atoms with van der Waals surface area (Å²) in [6.45, 7) is 3.73. The third-order valence-electron chi connectivity index (χ3n) is 10.3. The van der Waals surface area contributed by atoms with Crippen molar-refractivity contribution in [3.05, 3.63) is 0 Å². The van der Waals surface area contributed by atoms with E-state index in [4.69, 9.17) is 14.2 Å². The number of cyclic esters (lactones) is 1. The van der Waals surface area contributed by atoms with Gasteiger partial charge in [-0.05, 0) is 84.0 Å². The van der Waals surface area contributed by atoms with Crippen molar-refractivity contribution in [1.29, 1.82) is 0 Å². The molecule has 0 bridgehead atoms. The number of esters is 1. The molecule has 1 unspecified atom stereocenters. The molecule has 3 fully saturated rings. The first-order valence-electron chi connectivity index (χ1n) is 18.8. The van der Waals surface area contributed by atoms with Crippen molar-refractivity contribution in [2.75, 3.05) is 0 Å². The molecule has 45 heavy (non-hydrogen) atoms. The molecule has 9 atom stereocenters. The molecular weight excluding hydrogens is 572 g/mol. The number of Topliss-reactive ketones (excluding diaryl/α,β-unsaturated/α-hetero) is 1. The molecular formula is C37H66O8. The van der Waals surface area contributed by atoms with E-state index in [9.17, 15) is 24.9 Å². The second kappa shape index (κ2) is 21.7. The predicted octanol–water partition coefficient (Wildman–Crippen LogP) is 7.12. The van der Waals surface area contributed by atoms with Gasteiger partial charge in [-0.2, -0.15) is 0 Å². The number of hydrogen-bond acceptors (Lipinski definition) is 8. The summed E-state index contributed by atoms with van der Waals surface area (Å²) in [5, 5.41) is 31.7. The number of aliphatic hydroxyl groups excluding tert-OH is 3. The molecule has 0 saturated carbocycles. The maximum atomic E-state index is 11.9. The first kappa shape index (κ1) is 38.4. The quantitative estimate of drug-likeness (QED) is 0.0714. The average Bonchev–Trinajstić information content (AvgIpc) is 3.76. The van der Waals surface area contributed by atoms with Crippen LogP contribution in [0.3, 0.4) is 0 Å². The zero-order valence-corrected chi connectivity index (χ0v) is 28.5. The van der Waals surface area contributed by atoms with Gasteiger partial charge in [0.25, 0.3) is 0 Å². The molecule has 0 spiro atoms. The predicted molar refractivity (Wildman–Crippen MR) is 176 cm³/mol. The van der Waals surface area contributed by atoms with Crippen LogP contribution in [-0.4, -0.2) is 75.9 Å². The smallest absolute Gasteiger partial charge is 0.309 e. The molecule has 0 aliphatic carbocycles. The Morgan fingerprint density at radius 2 is 1.22 bits per heavy atom. The van der Waals surface area contributed by atoms with Gasteiger partial charge in [0.05, 0.1) is 48.6 Å². The van der Waals surface area contributed by atoms with Gasteiger partial charge in [0.2, 0.25) is 0 Å². The number of aliphatic hydroxyl groups is 3.